The van der Waals surface area contributed by atoms with Crippen molar-refractivity contribution in [3.05, 3.63) is 36.5 Å². The number of aliphatic hydroxyl groups excluding tert-OH is 7. The number of ether oxygens (including phenoxy) is 2. The second-order valence-corrected chi connectivity index (χ2v) is 28.1. The minimum Gasteiger partial charge on any atom is -0.394 e. The first-order valence-electron chi connectivity index (χ1n) is 39.9. The molecule has 1 heterocycles. The van der Waals surface area contributed by atoms with Crippen LogP contribution in [0, 0.1) is 0 Å². The Kier molecular flexibility index (Phi) is 65.5. The van der Waals surface area contributed by atoms with Crippen LogP contribution in [0.15, 0.2) is 36.5 Å². The van der Waals surface area contributed by atoms with Crippen LogP contribution in [-0.4, -0.2) is 110 Å². The molecule has 0 spiro atoms. The van der Waals surface area contributed by atoms with Crippen molar-refractivity contribution in [1.29, 1.82) is 0 Å². The summed E-state index contributed by atoms with van der Waals surface area (Å²) in [6, 6.07) is -1.20. The first-order chi connectivity index (χ1) is 44.7. The maximum absolute atomic E-state index is 13.3. The average Bonchev–Trinajstić information content (AvgIpc) is 1.21. The molecule has 538 valence electrons. The second kappa shape index (κ2) is 68.3. The Morgan fingerprint density at radius 3 is 0.978 bits per heavy atom. The predicted octanol–water partition coefficient (Wildman–Crippen LogP) is 20.5. The molecule has 0 saturated carbocycles. The van der Waals surface area contributed by atoms with Gasteiger partial charge in [-0.2, -0.15) is 0 Å². The maximum atomic E-state index is 13.3. The Balaban J connectivity index is 2.13. The van der Waals surface area contributed by atoms with E-state index in [1.54, 1.807) is 0 Å². The first-order valence-corrected chi connectivity index (χ1v) is 39.9. The Labute approximate surface area is 562 Å². The topological polar surface area (TPSA) is 189 Å². The average molecular weight is 1290 g/mol. The number of allylic oxidation sites excluding steroid dienone is 6. The van der Waals surface area contributed by atoms with Crippen molar-refractivity contribution in [1.82, 2.24) is 5.32 Å². The van der Waals surface area contributed by atoms with E-state index in [1.807, 2.05) is 0 Å². The van der Waals surface area contributed by atoms with Gasteiger partial charge in [-0.25, -0.2) is 0 Å². The van der Waals surface area contributed by atoms with Crippen LogP contribution < -0.4 is 5.32 Å². The van der Waals surface area contributed by atoms with Gasteiger partial charge >= 0.3 is 0 Å². The van der Waals surface area contributed by atoms with Crippen molar-refractivity contribution in [3.63, 3.8) is 0 Å². The van der Waals surface area contributed by atoms with Crippen molar-refractivity contribution >= 4 is 5.91 Å². The fourth-order valence-corrected chi connectivity index (χ4v) is 13.1. The van der Waals surface area contributed by atoms with Crippen LogP contribution in [0.2, 0.25) is 0 Å². The van der Waals surface area contributed by atoms with E-state index in [9.17, 15) is 40.5 Å². The molecular formula is C80H153NO10. The van der Waals surface area contributed by atoms with Crippen molar-refractivity contribution in [3.8, 4) is 0 Å². The highest BCUT2D eigenvalue weighted by Gasteiger charge is 2.44. The van der Waals surface area contributed by atoms with Gasteiger partial charge in [0.15, 0.2) is 6.29 Å². The Morgan fingerprint density at radius 1 is 0.374 bits per heavy atom. The van der Waals surface area contributed by atoms with E-state index < -0.39 is 74.2 Å². The monoisotopic (exact) mass is 1290 g/mol. The van der Waals surface area contributed by atoms with Crippen molar-refractivity contribution in [2.75, 3.05) is 13.2 Å². The third kappa shape index (κ3) is 55.1. The first kappa shape index (κ1) is 87.3. The van der Waals surface area contributed by atoms with Crippen molar-refractivity contribution < 1.29 is 50.0 Å². The minimum atomic E-state index is -1.67. The molecule has 0 aromatic heterocycles. The zero-order valence-electron chi connectivity index (χ0n) is 59.9. The highest BCUT2D eigenvalue weighted by atomic mass is 16.7. The molecule has 9 atom stereocenters. The van der Waals surface area contributed by atoms with Crippen LogP contribution in [0.25, 0.3) is 0 Å². The molecule has 9 unspecified atom stereocenters. The zero-order chi connectivity index (χ0) is 66.0. The van der Waals surface area contributed by atoms with E-state index in [1.165, 1.54) is 308 Å². The predicted molar refractivity (Wildman–Crippen MR) is 385 cm³/mol. The van der Waals surface area contributed by atoms with Crippen LogP contribution in [0.5, 0.6) is 0 Å². The minimum absolute atomic E-state index is 0.243. The zero-order valence-corrected chi connectivity index (χ0v) is 59.9. The molecule has 11 nitrogen and oxygen atoms in total. The third-order valence-electron chi connectivity index (χ3n) is 19.4. The van der Waals surface area contributed by atoms with Gasteiger partial charge in [0, 0.05) is 0 Å². The molecule has 1 aliphatic rings. The lowest BCUT2D eigenvalue weighted by Gasteiger charge is -2.40. The van der Waals surface area contributed by atoms with Gasteiger partial charge in [-0.3, -0.25) is 4.79 Å². The van der Waals surface area contributed by atoms with Gasteiger partial charge in [0.25, 0.3) is 0 Å². The van der Waals surface area contributed by atoms with E-state index >= 15 is 0 Å². The van der Waals surface area contributed by atoms with E-state index in [4.69, 9.17) is 9.47 Å². The Morgan fingerprint density at radius 2 is 0.659 bits per heavy atom. The summed E-state index contributed by atoms with van der Waals surface area (Å²) in [6.07, 6.45) is 78.5. The summed E-state index contributed by atoms with van der Waals surface area (Å²) in [6.45, 7) is 3.50. The molecule has 1 fully saturated rings. The number of aliphatic hydroxyl groups is 7. The summed E-state index contributed by atoms with van der Waals surface area (Å²) in [5, 5.41) is 76.6. The largest absolute Gasteiger partial charge is 0.394 e. The van der Waals surface area contributed by atoms with Crippen LogP contribution in [0.3, 0.4) is 0 Å². The number of carbonyl (C=O) groups is 1. The third-order valence-corrected chi connectivity index (χ3v) is 19.4. The van der Waals surface area contributed by atoms with Gasteiger partial charge in [0.2, 0.25) is 5.91 Å². The number of amides is 1. The van der Waals surface area contributed by atoms with Crippen LogP contribution in [0.1, 0.15) is 399 Å². The molecule has 11 heteroatoms. The molecule has 91 heavy (non-hydrogen) atoms. The Bertz CT molecular complexity index is 1580. The van der Waals surface area contributed by atoms with Crippen molar-refractivity contribution in [2.45, 2.75) is 454 Å². The lowest BCUT2D eigenvalue weighted by atomic mass is 9.98. The SMILES string of the molecule is CCCCCCCCCCCCCCC/C=C/CC/C=C/CC/C=C/CCCC(O)C(O)C(COC1OC(CO)C(O)C(O)C1O)NC(=O)C(O)CCCCCCCCCCCCCCCCCCCCCCCCCCCCCCCCCCCCCCCC. The summed E-state index contributed by atoms with van der Waals surface area (Å²) < 4.78 is 11.2. The van der Waals surface area contributed by atoms with Crippen molar-refractivity contribution in [2.24, 2.45) is 0 Å². The fourth-order valence-electron chi connectivity index (χ4n) is 13.1. The summed E-state index contributed by atoms with van der Waals surface area (Å²) in [7, 11) is 0. The van der Waals surface area contributed by atoms with Gasteiger partial charge in [0.1, 0.15) is 36.6 Å². The lowest BCUT2D eigenvalue weighted by molar-refractivity contribution is -0.303. The maximum Gasteiger partial charge on any atom is 0.249 e. The molecule has 0 aromatic carbocycles. The van der Waals surface area contributed by atoms with E-state index in [2.05, 4.69) is 55.6 Å². The molecule has 8 N–H and O–H groups in total. The lowest BCUT2D eigenvalue weighted by Crippen LogP contribution is -2.60. The summed E-state index contributed by atoms with van der Waals surface area (Å²) in [5.74, 6) is -0.705. The molecule has 0 aliphatic carbocycles. The Hall–Kier alpha value is -1.67. The van der Waals surface area contributed by atoms with Gasteiger partial charge in [-0.05, 0) is 64.2 Å². The molecule has 0 aromatic rings. The quantitative estimate of drug-likeness (QED) is 0.0215. The van der Waals surface area contributed by atoms with Crippen LogP contribution in [0.4, 0.5) is 0 Å². The number of rotatable bonds is 71. The number of hydrogen-bond donors (Lipinski definition) is 8. The molecule has 1 saturated heterocycles. The molecule has 0 radical (unpaired) electrons. The van der Waals surface area contributed by atoms with Gasteiger partial charge in [-0.15, -0.1) is 0 Å². The fraction of sp³-hybridized carbons (Fsp3) is 0.912. The highest BCUT2D eigenvalue weighted by Crippen LogP contribution is 2.24. The summed E-state index contributed by atoms with van der Waals surface area (Å²) in [4.78, 5) is 13.3. The number of hydrogen-bond acceptors (Lipinski definition) is 10. The smallest absolute Gasteiger partial charge is 0.249 e. The number of unbranched alkanes of at least 4 members (excludes halogenated alkanes) is 53. The highest BCUT2D eigenvalue weighted by molar-refractivity contribution is 5.80. The van der Waals surface area contributed by atoms with Crippen LogP contribution in [-0.2, 0) is 14.3 Å². The summed E-state index contributed by atoms with van der Waals surface area (Å²) >= 11 is 0. The van der Waals surface area contributed by atoms with E-state index in [0.29, 0.717) is 19.3 Å². The molecule has 1 amide bonds. The van der Waals surface area contributed by atoms with E-state index in [0.717, 1.165) is 44.9 Å². The molecule has 1 aliphatic heterocycles. The molecule has 0 bridgehead atoms. The van der Waals surface area contributed by atoms with Gasteiger partial charge in [0.05, 0.1) is 25.4 Å². The molecular weight excluding hydrogens is 1130 g/mol. The normalized spacial score (nSPS) is 18.5. The van der Waals surface area contributed by atoms with Crippen LogP contribution >= 0.6 is 0 Å². The standard InChI is InChI=1S/C80H153NO10/c1-3-5-7-9-11-13-15-17-19-21-23-25-27-29-31-32-33-34-35-36-37-38-39-40-41-42-44-46-48-50-52-54-56-58-60-62-64-66-68-73(84)79(89)81-71(70-90-80-78(88)77(87)76(86)74(69-82)91-80)75(85)72(83)67-65-63-61-59-57-55-53-51-49-47-45-43-30-28-26-24-22-20-18-16-14-12-10-8-6-4-2/h43,45,51,53,59,61,71-78,80,82-88H,3-42,44,46-50,52,54-58,60,62-70H2,1-2H3,(H,81,89)/b45-43+,53-51+,61-59+. The van der Waals surface area contributed by atoms with Gasteiger partial charge in [-0.1, -0.05) is 371 Å². The number of nitrogens with one attached hydrogen (secondary N) is 1. The molecule has 1 rings (SSSR count). The van der Waals surface area contributed by atoms with E-state index in [-0.39, 0.29) is 12.8 Å². The summed E-state index contributed by atoms with van der Waals surface area (Å²) in [5.41, 5.74) is 0. The second-order valence-electron chi connectivity index (χ2n) is 28.1. The number of carbonyl (C=O) groups excluding carboxylic acids is 1. The van der Waals surface area contributed by atoms with Gasteiger partial charge < -0.3 is 50.5 Å².